The molecule has 26 heavy (non-hydrogen) atoms. The highest BCUT2D eigenvalue weighted by Gasteiger charge is 2.24. The lowest BCUT2D eigenvalue weighted by Gasteiger charge is -2.34. The van der Waals surface area contributed by atoms with Crippen LogP contribution in [0.15, 0.2) is 36.8 Å². The highest BCUT2D eigenvalue weighted by molar-refractivity contribution is 5.90. The smallest absolute Gasteiger partial charge is 0.165 e. The third kappa shape index (κ3) is 3.51. The van der Waals surface area contributed by atoms with Gasteiger partial charge in [-0.15, -0.1) is 0 Å². The van der Waals surface area contributed by atoms with Gasteiger partial charge >= 0.3 is 0 Å². The molecule has 0 saturated carbocycles. The lowest BCUT2D eigenvalue weighted by molar-refractivity contribution is 0.0297. The molecule has 1 fully saturated rings. The van der Waals surface area contributed by atoms with E-state index in [9.17, 15) is 0 Å². The summed E-state index contributed by atoms with van der Waals surface area (Å²) in [5.41, 5.74) is 3.88. The standard InChI is InChI=1S/C20H23N5O/c1-14-10-15(2)24-19-18(14)20(23-13-22-19)25-9-5-7-17(11-25)26-12-16-6-3-4-8-21-16/h3-4,6,8,10,13,17H,5,7,9,11-12H2,1-2H3/t17-/m0/s1. The minimum Gasteiger partial charge on any atom is -0.370 e. The molecule has 1 aliphatic rings. The Morgan fingerprint density at radius 2 is 2.12 bits per heavy atom. The maximum atomic E-state index is 6.12. The van der Waals surface area contributed by atoms with Gasteiger partial charge in [-0.05, 0) is 50.5 Å². The van der Waals surface area contributed by atoms with Gasteiger partial charge in [-0.25, -0.2) is 15.0 Å². The molecule has 6 nitrogen and oxygen atoms in total. The maximum absolute atomic E-state index is 6.12. The molecular weight excluding hydrogens is 326 g/mol. The summed E-state index contributed by atoms with van der Waals surface area (Å²) < 4.78 is 6.12. The average Bonchev–Trinajstić information content (AvgIpc) is 2.67. The number of hydrogen-bond donors (Lipinski definition) is 0. The molecular formula is C20H23N5O. The number of aryl methyl sites for hydroxylation is 2. The number of piperidine rings is 1. The van der Waals surface area contributed by atoms with E-state index >= 15 is 0 Å². The van der Waals surface area contributed by atoms with Crippen LogP contribution in [0, 0.1) is 13.8 Å². The minimum absolute atomic E-state index is 0.175. The van der Waals surface area contributed by atoms with Gasteiger partial charge in [-0.1, -0.05) is 6.07 Å². The third-order valence-corrected chi connectivity index (χ3v) is 4.78. The molecule has 1 atom stereocenters. The van der Waals surface area contributed by atoms with E-state index < -0.39 is 0 Å². The summed E-state index contributed by atoms with van der Waals surface area (Å²) >= 11 is 0. The second-order valence-electron chi connectivity index (χ2n) is 6.82. The molecule has 0 spiro atoms. The molecule has 0 unspecified atom stereocenters. The van der Waals surface area contributed by atoms with Crippen LogP contribution in [0.4, 0.5) is 5.82 Å². The predicted octanol–water partition coefficient (Wildman–Crippen LogP) is 3.22. The van der Waals surface area contributed by atoms with Crippen LogP contribution in [0.5, 0.6) is 0 Å². The van der Waals surface area contributed by atoms with E-state index in [0.717, 1.165) is 54.2 Å². The first-order valence-electron chi connectivity index (χ1n) is 9.06. The van der Waals surface area contributed by atoms with Crippen molar-refractivity contribution in [3.8, 4) is 0 Å². The number of nitrogens with zero attached hydrogens (tertiary/aromatic N) is 5. The quantitative estimate of drug-likeness (QED) is 0.721. The van der Waals surface area contributed by atoms with Crippen molar-refractivity contribution in [2.24, 2.45) is 0 Å². The fraction of sp³-hybridized carbons (Fsp3) is 0.400. The van der Waals surface area contributed by atoms with Gasteiger partial charge in [0.05, 0.1) is 23.8 Å². The van der Waals surface area contributed by atoms with Crippen LogP contribution in [-0.4, -0.2) is 39.1 Å². The Labute approximate surface area is 153 Å². The Hall–Kier alpha value is -2.60. The van der Waals surface area contributed by atoms with Crippen molar-refractivity contribution in [2.45, 2.75) is 39.4 Å². The predicted molar refractivity (Wildman–Crippen MR) is 101 cm³/mol. The third-order valence-electron chi connectivity index (χ3n) is 4.78. The van der Waals surface area contributed by atoms with Gasteiger partial charge < -0.3 is 9.64 Å². The first-order chi connectivity index (χ1) is 12.7. The lowest BCUT2D eigenvalue weighted by Crippen LogP contribution is -2.40. The Balaban J connectivity index is 1.54. The fourth-order valence-electron chi connectivity index (χ4n) is 3.58. The van der Waals surface area contributed by atoms with E-state index in [1.165, 1.54) is 5.56 Å². The second kappa shape index (κ2) is 7.33. The van der Waals surface area contributed by atoms with Crippen molar-refractivity contribution >= 4 is 16.9 Å². The number of rotatable bonds is 4. The Bertz CT molecular complexity index is 899. The molecule has 0 amide bonds. The number of ether oxygens (including phenoxy) is 1. The first-order valence-corrected chi connectivity index (χ1v) is 9.06. The molecule has 3 aromatic heterocycles. The van der Waals surface area contributed by atoms with Gasteiger partial charge in [0.1, 0.15) is 12.1 Å². The molecule has 0 N–H and O–H groups in total. The maximum Gasteiger partial charge on any atom is 0.165 e. The van der Waals surface area contributed by atoms with Crippen LogP contribution in [0.3, 0.4) is 0 Å². The summed E-state index contributed by atoms with van der Waals surface area (Å²) in [6, 6.07) is 8.00. The van der Waals surface area contributed by atoms with Crippen LogP contribution >= 0.6 is 0 Å². The van der Waals surface area contributed by atoms with Gasteiger partial charge in [-0.3, -0.25) is 4.98 Å². The van der Waals surface area contributed by atoms with Crippen molar-refractivity contribution in [3.63, 3.8) is 0 Å². The normalized spacial score (nSPS) is 17.6. The van der Waals surface area contributed by atoms with Gasteiger partial charge in [-0.2, -0.15) is 0 Å². The van der Waals surface area contributed by atoms with Crippen molar-refractivity contribution in [2.75, 3.05) is 18.0 Å². The van der Waals surface area contributed by atoms with Crippen LogP contribution in [0.1, 0.15) is 29.8 Å². The average molecular weight is 349 g/mol. The zero-order chi connectivity index (χ0) is 17.9. The zero-order valence-corrected chi connectivity index (χ0v) is 15.2. The van der Waals surface area contributed by atoms with Gasteiger partial charge in [0.25, 0.3) is 0 Å². The number of anilines is 1. The molecule has 1 saturated heterocycles. The van der Waals surface area contributed by atoms with Gasteiger partial charge in [0, 0.05) is 25.0 Å². The van der Waals surface area contributed by atoms with Crippen molar-refractivity contribution in [1.82, 2.24) is 19.9 Å². The monoisotopic (exact) mass is 349 g/mol. The van der Waals surface area contributed by atoms with Crippen molar-refractivity contribution in [3.05, 3.63) is 53.7 Å². The van der Waals surface area contributed by atoms with Crippen LogP contribution in [0.2, 0.25) is 0 Å². The molecule has 0 bridgehead atoms. The molecule has 6 heteroatoms. The molecule has 1 aliphatic heterocycles. The van der Waals surface area contributed by atoms with Crippen LogP contribution in [-0.2, 0) is 11.3 Å². The largest absolute Gasteiger partial charge is 0.370 e. The second-order valence-corrected chi connectivity index (χ2v) is 6.82. The molecule has 4 rings (SSSR count). The highest BCUT2D eigenvalue weighted by Crippen LogP contribution is 2.28. The molecule has 0 radical (unpaired) electrons. The Morgan fingerprint density at radius 1 is 1.19 bits per heavy atom. The zero-order valence-electron chi connectivity index (χ0n) is 15.2. The summed E-state index contributed by atoms with van der Waals surface area (Å²) in [5, 5.41) is 1.04. The van der Waals surface area contributed by atoms with E-state index in [2.05, 4.69) is 37.8 Å². The van der Waals surface area contributed by atoms with Crippen LogP contribution in [0.25, 0.3) is 11.0 Å². The van der Waals surface area contributed by atoms with Crippen molar-refractivity contribution in [1.29, 1.82) is 0 Å². The van der Waals surface area contributed by atoms with E-state index in [1.54, 1.807) is 12.5 Å². The molecule has 4 heterocycles. The highest BCUT2D eigenvalue weighted by atomic mass is 16.5. The fourth-order valence-corrected chi connectivity index (χ4v) is 3.58. The Kier molecular flexibility index (Phi) is 4.75. The molecule has 3 aromatic rings. The summed E-state index contributed by atoms with van der Waals surface area (Å²) in [7, 11) is 0. The summed E-state index contributed by atoms with van der Waals surface area (Å²) in [6.07, 6.45) is 5.73. The molecule has 0 aromatic carbocycles. The van der Waals surface area contributed by atoms with E-state index in [1.807, 2.05) is 25.1 Å². The molecule has 0 aliphatic carbocycles. The van der Waals surface area contributed by atoms with E-state index in [4.69, 9.17) is 4.74 Å². The molecule has 134 valence electrons. The van der Waals surface area contributed by atoms with Gasteiger partial charge in [0.2, 0.25) is 0 Å². The van der Waals surface area contributed by atoms with Gasteiger partial charge in [0.15, 0.2) is 5.65 Å². The van der Waals surface area contributed by atoms with Crippen LogP contribution < -0.4 is 4.90 Å². The lowest BCUT2D eigenvalue weighted by atomic mass is 10.1. The van der Waals surface area contributed by atoms with E-state index in [0.29, 0.717) is 6.61 Å². The number of aromatic nitrogens is 4. The first kappa shape index (κ1) is 16.8. The topological polar surface area (TPSA) is 64.0 Å². The summed E-state index contributed by atoms with van der Waals surface area (Å²) in [6.45, 7) is 6.44. The number of hydrogen-bond acceptors (Lipinski definition) is 6. The van der Waals surface area contributed by atoms with Crippen molar-refractivity contribution < 1.29 is 4.74 Å². The number of pyridine rings is 2. The summed E-state index contributed by atoms with van der Waals surface area (Å²) in [4.78, 5) is 20.2. The SMILES string of the molecule is Cc1cc(C)c2c(N3CCC[C@H](OCc4ccccn4)C3)ncnc2n1. The minimum atomic E-state index is 0.175. The summed E-state index contributed by atoms with van der Waals surface area (Å²) in [5.74, 6) is 0.964. The number of fused-ring (bicyclic) bond motifs is 1. The van der Waals surface area contributed by atoms with E-state index in [-0.39, 0.29) is 6.10 Å². The Morgan fingerprint density at radius 3 is 2.96 bits per heavy atom.